The van der Waals surface area contributed by atoms with Crippen LogP contribution in [0.15, 0.2) is 48.8 Å². The van der Waals surface area contributed by atoms with Gasteiger partial charge < -0.3 is 4.90 Å². The fourth-order valence-electron chi connectivity index (χ4n) is 3.07. The van der Waals surface area contributed by atoms with E-state index in [1.54, 1.807) is 47.6 Å². The van der Waals surface area contributed by atoms with Crippen LogP contribution in [0.5, 0.6) is 0 Å². The molecule has 1 saturated heterocycles. The highest BCUT2D eigenvalue weighted by Crippen LogP contribution is 2.33. The minimum atomic E-state index is -3.37. The van der Waals surface area contributed by atoms with E-state index in [9.17, 15) is 13.2 Å². The molecule has 1 fully saturated rings. The summed E-state index contributed by atoms with van der Waals surface area (Å²) < 4.78 is 25.3. The fraction of sp³-hybridized carbons (Fsp3) is 0.333. The molecule has 1 aromatic carbocycles. The summed E-state index contributed by atoms with van der Waals surface area (Å²) in [5, 5.41) is -0.219. The van der Waals surface area contributed by atoms with Gasteiger partial charge in [0.1, 0.15) is 0 Å². The molecule has 2 heterocycles. The van der Waals surface area contributed by atoms with Gasteiger partial charge in [-0.2, -0.15) is 0 Å². The Morgan fingerprint density at radius 2 is 2.00 bits per heavy atom. The molecular formula is C18H19ClN2O3S. The molecule has 0 spiro atoms. The van der Waals surface area contributed by atoms with Crippen LogP contribution in [0.2, 0.25) is 5.02 Å². The molecule has 132 valence electrons. The summed E-state index contributed by atoms with van der Waals surface area (Å²) in [6, 6.07) is 10.6. The van der Waals surface area contributed by atoms with Crippen molar-refractivity contribution in [3.8, 4) is 0 Å². The maximum Gasteiger partial charge on any atom is 0.227 e. The smallest absolute Gasteiger partial charge is 0.227 e. The molecule has 1 atom stereocenters. The maximum absolute atomic E-state index is 12.7. The van der Waals surface area contributed by atoms with Gasteiger partial charge in [0, 0.05) is 30.5 Å². The summed E-state index contributed by atoms with van der Waals surface area (Å²) in [6.45, 7) is 0.608. The number of sulfone groups is 1. The summed E-state index contributed by atoms with van der Waals surface area (Å²) in [5.74, 6) is -0.134. The molecule has 1 aliphatic rings. The lowest BCUT2D eigenvalue weighted by Crippen LogP contribution is -2.34. The van der Waals surface area contributed by atoms with Crippen LogP contribution in [-0.2, 0) is 21.1 Å². The summed E-state index contributed by atoms with van der Waals surface area (Å²) >= 11 is 6.19. The number of amides is 1. The fourth-order valence-corrected chi connectivity index (χ4v) is 5.22. The van der Waals surface area contributed by atoms with Gasteiger partial charge in [-0.05, 0) is 29.7 Å². The van der Waals surface area contributed by atoms with Crippen molar-refractivity contribution in [1.82, 2.24) is 9.88 Å². The molecule has 2 aromatic rings. The average Bonchev–Trinajstić information content (AvgIpc) is 2.75. The standard InChI is InChI=1S/C18H19ClN2O3S/c19-16-6-2-1-5-15(16)17-7-9-21(10-11-25(17,23)24)18(22)12-14-4-3-8-20-13-14/h1-6,8,13,17H,7,9-12H2/t17-/m0/s1. The van der Waals surface area contributed by atoms with Gasteiger partial charge in [0.05, 0.1) is 17.4 Å². The number of halogens is 1. The number of aromatic nitrogens is 1. The quantitative estimate of drug-likeness (QED) is 0.823. The van der Waals surface area contributed by atoms with Crippen molar-refractivity contribution in [3.63, 3.8) is 0 Å². The predicted octanol–water partition coefficient (Wildman–Crippen LogP) is 2.67. The predicted molar refractivity (Wildman–Crippen MR) is 97.1 cm³/mol. The van der Waals surface area contributed by atoms with E-state index in [0.717, 1.165) is 5.56 Å². The number of pyridine rings is 1. The minimum absolute atomic E-state index is 0.0539. The normalized spacial score (nSPS) is 20.0. The van der Waals surface area contributed by atoms with Crippen molar-refractivity contribution in [2.45, 2.75) is 18.1 Å². The Labute approximate surface area is 152 Å². The van der Waals surface area contributed by atoms with Crippen LogP contribution in [0.25, 0.3) is 0 Å². The summed E-state index contributed by atoms with van der Waals surface area (Å²) in [7, 11) is -3.37. The monoisotopic (exact) mass is 378 g/mol. The molecule has 0 unspecified atom stereocenters. The van der Waals surface area contributed by atoms with E-state index in [2.05, 4.69) is 4.98 Å². The Morgan fingerprint density at radius 1 is 1.20 bits per heavy atom. The molecular weight excluding hydrogens is 360 g/mol. The van der Waals surface area contributed by atoms with Crippen LogP contribution < -0.4 is 0 Å². The van der Waals surface area contributed by atoms with E-state index >= 15 is 0 Å². The number of nitrogens with zero attached hydrogens (tertiary/aromatic N) is 2. The number of carbonyl (C=O) groups excluding carboxylic acids is 1. The third-order valence-electron chi connectivity index (χ3n) is 4.42. The molecule has 0 bridgehead atoms. The van der Waals surface area contributed by atoms with Crippen molar-refractivity contribution in [2.24, 2.45) is 0 Å². The molecule has 1 amide bonds. The highest BCUT2D eigenvalue weighted by atomic mass is 35.5. The lowest BCUT2D eigenvalue weighted by atomic mass is 10.1. The van der Waals surface area contributed by atoms with Gasteiger partial charge >= 0.3 is 0 Å². The molecule has 25 heavy (non-hydrogen) atoms. The second-order valence-electron chi connectivity index (χ2n) is 6.08. The van der Waals surface area contributed by atoms with E-state index in [4.69, 9.17) is 11.6 Å². The molecule has 0 radical (unpaired) electrons. The van der Waals surface area contributed by atoms with E-state index in [0.29, 0.717) is 23.6 Å². The summed E-state index contributed by atoms with van der Waals surface area (Å²) in [5.41, 5.74) is 1.44. The lowest BCUT2D eigenvalue weighted by molar-refractivity contribution is -0.130. The van der Waals surface area contributed by atoms with Gasteiger partial charge in [0.15, 0.2) is 9.84 Å². The zero-order valence-electron chi connectivity index (χ0n) is 13.6. The van der Waals surface area contributed by atoms with Crippen molar-refractivity contribution in [1.29, 1.82) is 0 Å². The highest BCUT2D eigenvalue weighted by Gasteiger charge is 2.33. The zero-order chi connectivity index (χ0) is 17.9. The first-order chi connectivity index (χ1) is 12.0. The third kappa shape index (κ3) is 4.19. The van der Waals surface area contributed by atoms with Crippen molar-refractivity contribution >= 4 is 27.3 Å². The molecule has 5 nitrogen and oxygen atoms in total. The Bertz CT molecular complexity index is 856. The van der Waals surface area contributed by atoms with E-state index < -0.39 is 15.1 Å². The Balaban J connectivity index is 1.76. The molecule has 1 aromatic heterocycles. The summed E-state index contributed by atoms with van der Waals surface area (Å²) in [4.78, 5) is 18.1. The molecule has 7 heteroatoms. The first-order valence-electron chi connectivity index (χ1n) is 8.10. The second kappa shape index (κ2) is 7.54. The molecule has 1 aliphatic heterocycles. The number of hydrogen-bond donors (Lipinski definition) is 0. The lowest BCUT2D eigenvalue weighted by Gasteiger charge is -2.20. The zero-order valence-corrected chi connectivity index (χ0v) is 15.2. The molecule has 0 saturated carbocycles. The van der Waals surface area contributed by atoms with Crippen LogP contribution in [0.3, 0.4) is 0 Å². The van der Waals surface area contributed by atoms with E-state index in [-0.39, 0.29) is 24.6 Å². The van der Waals surface area contributed by atoms with Gasteiger partial charge in [0.25, 0.3) is 0 Å². The van der Waals surface area contributed by atoms with Gasteiger partial charge in [-0.25, -0.2) is 8.42 Å². The van der Waals surface area contributed by atoms with Crippen LogP contribution in [0.4, 0.5) is 0 Å². The largest absolute Gasteiger partial charge is 0.341 e. The Kier molecular flexibility index (Phi) is 5.39. The van der Waals surface area contributed by atoms with Crippen molar-refractivity contribution < 1.29 is 13.2 Å². The molecule has 0 aliphatic carbocycles. The van der Waals surface area contributed by atoms with Gasteiger partial charge in [-0.15, -0.1) is 0 Å². The van der Waals surface area contributed by atoms with Crippen LogP contribution in [0.1, 0.15) is 22.8 Å². The summed E-state index contributed by atoms with van der Waals surface area (Å²) in [6.07, 6.45) is 3.88. The van der Waals surface area contributed by atoms with Crippen molar-refractivity contribution in [3.05, 3.63) is 64.9 Å². The van der Waals surface area contributed by atoms with Gasteiger partial charge in [-0.3, -0.25) is 9.78 Å². The minimum Gasteiger partial charge on any atom is -0.341 e. The molecule has 3 rings (SSSR count). The highest BCUT2D eigenvalue weighted by molar-refractivity contribution is 7.91. The maximum atomic E-state index is 12.7. The number of hydrogen-bond acceptors (Lipinski definition) is 4. The van der Waals surface area contributed by atoms with E-state index in [1.165, 1.54) is 0 Å². The number of carbonyl (C=O) groups is 1. The van der Waals surface area contributed by atoms with Crippen LogP contribution >= 0.6 is 11.6 Å². The van der Waals surface area contributed by atoms with Gasteiger partial charge in [-0.1, -0.05) is 35.9 Å². The SMILES string of the molecule is O=C(Cc1cccnc1)N1CC[C@@H](c2ccccc2Cl)S(=O)(=O)CC1. The second-order valence-corrected chi connectivity index (χ2v) is 8.79. The van der Waals surface area contributed by atoms with Crippen LogP contribution in [0, 0.1) is 0 Å². The first kappa shape index (κ1) is 17.9. The average molecular weight is 379 g/mol. The number of rotatable bonds is 3. The van der Waals surface area contributed by atoms with E-state index in [1.807, 2.05) is 6.07 Å². The van der Waals surface area contributed by atoms with Gasteiger partial charge in [0.2, 0.25) is 5.91 Å². The first-order valence-corrected chi connectivity index (χ1v) is 10.2. The molecule has 0 N–H and O–H groups in total. The van der Waals surface area contributed by atoms with Crippen LogP contribution in [-0.4, -0.2) is 43.1 Å². The third-order valence-corrected chi connectivity index (χ3v) is 6.88. The topological polar surface area (TPSA) is 67.3 Å². The number of benzene rings is 1. The Hall–Kier alpha value is -1.92. The van der Waals surface area contributed by atoms with Crippen molar-refractivity contribution in [2.75, 3.05) is 18.8 Å². The Morgan fingerprint density at radius 3 is 2.72 bits per heavy atom.